The van der Waals surface area contributed by atoms with Crippen molar-refractivity contribution in [1.82, 2.24) is 10.2 Å². The molecular formula is C11H17F3N2O2. The minimum Gasteiger partial charge on any atom is -0.354 e. The van der Waals surface area contributed by atoms with E-state index in [4.69, 9.17) is 0 Å². The Hall–Kier alpha value is -1.27. The van der Waals surface area contributed by atoms with Crippen LogP contribution in [0.15, 0.2) is 0 Å². The lowest BCUT2D eigenvalue weighted by molar-refractivity contribution is -0.187. The number of carbonyl (C=O) groups excluding carboxylic acids is 2. The number of hydrogen-bond acceptors (Lipinski definition) is 2. The van der Waals surface area contributed by atoms with E-state index in [1.807, 2.05) is 0 Å². The van der Waals surface area contributed by atoms with Crippen molar-refractivity contribution in [2.45, 2.75) is 38.9 Å². The number of carbonyl (C=O) groups is 2. The second-order valence-electron chi connectivity index (χ2n) is 4.75. The van der Waals surface area contributed by atoms with Crippen LogP contribution >= 0.6 is 0 Å². The molecule has 1 aliphatic rings. The number of likely N-dealkylation sites (tertiary alicyclic amines) is 1. The predicted octanol–water partition coefficient (Wildman–Crippen LogP) is 1.31. The Balaban J connectivity index is 2.61. The molecule has 18 heavy (non-hydrogen) atoms. The number of nitrogens with zero attached hydrogens (tertiary/aromatic N) is 1. The van der Waals surface area contributed by atoms with E-state index in [1.54, 1.807) is 13.8 Å². The first-order chi connectivity index (χ1) is 8.21. The SMILES string of the molecule is CC(C)NC(=O)C1CCCN(C(=O)C(F)(F)F)C1. The number of amides is 2. The summed E-state index contributed by atoms with van der Waals surface area (Å²) < 4.78 is 36.8. The van der Waals surface area contributed by atoms with Crippen LogP contribution in [0.4, 0.5) is 13.2 Å². The highest BCUT2D eigenvalue weighted by atomic mass is 19.4. The molecule has 7 heteroatoms. The molecule has 4 nitrogen and oxygen atoms in total. The summed E-state index contributed by atoms with van der Waals surface area (Å²) in [6.45, 7) is 3.46. The van der Waals surface area contributed by atoms with Gasteiger partial charge in [-0.1, -0.05) is 0 Å². The van der Waals surface area contributed by atoms with Gasteiger partial charge in [0.15, 0.2) is 0 Å². The van der Waals surface area contributed by atoms with E-state index >= 15 is 0 Å². The van der Waals surface area contributed by atoms with Crippen molar-refractivity contribution < 1.29 is 22.8 Å². The Morgan fingerprint density at radius 3 is 2.44 bits per heavy atom. The van der Waals surface area contributed by atoms with Gasteiger partial charge in [0, 0.05) is 19.1 Å². The first-order valence-corrected chi connectivity index (χ1v) is 5.88. The summed E-state index contributed by atoms with van der Waals surface area (Å²) in [7, 11) is 0. The van der Waals surface area contributed by atoms with Crippen LogP contribution < -0.4 is 5.32 Å². The summed E-state index contributed by atoms with van der Waals surface area (Å²) in [5.41, 5.74) is 0. The zero-order valence-corrected chi connectivity index (χ0v) is 10.4. The minimum atomic E-state index is -4.86. The lowest BCUT2D eigenvalue weighted by Gasteiger charge is -2.32. The maximum Gasteiger partial charge on any atom is 0.471 e. The van der Waals surface area contributed by atoms with Gasteiger partial charge < -0.3 is 10.2 Å². The summed E-state index contributed by atoms with van der Waals surface area (Å²) in [5, 5.41) is 2.65. The van der Waals surface area contributed by atoms with Crippen molar-refractivity contribution in [3.05, 3.63) is 0 Å². The Bertz CT molecular complexity index is 329. The summed E-state index contributed by atoms with van der Waals surface area (Å²) in [6.07, 6.45) is -3.94. The molecular weight excluding hydrogens is 249 g/mol. The van der Waals surface area contributed by atoms with Gasteiger partial charge in [-0.05, 0) is 26.7 Å². The van der Waals surface area contributed by atoms with Crippen LogP contribution in [0, 0.1) is 5.92 Å². The van der Waals surface area contributed by atoms with Crippen molar-refractivity contribution in [1.29, 1.82) is 0 Å². The highest BCUT2D eigenvalue weighted by Gasteiger charge is 2.44. The van der Waals surface area contributed by atoms with Gasteiger partial charge in [-0.2, -0.15) is 13.2 Å². The topological polar surface area (TPSA) is 49.4 Å². The number of alkyl halides is 3. The molecule has 1 N–H and O–H groups in total. The molecule has 0 aromatic carbocycles. The lowest BCUT2D eigenvalue weighted by Crippen LogP contribution is -2.50. The van der Waals surface area contributed by atoms with Gasteiger partial charge in [0.2, 0.25) is 5.91 Å². The first-order valence-electron chi connectivity index (χ1n) is 5.88. The standard InChI is InChI=1S/C11H17F3N2O2/c1-7(2)15-9(17)8-4-3-5-16(6-8)10(18)11(12,13)14/h7-8H,3-6H2,1-2H3,(H,15,17). The van der Waals surface area contributed by atoms with Gasteiger partial charge in [0.25, 0.3) is 0 Å². The van der Waals surface area contributed by atoms with E-state index in [9.17, 15) is 22.8 Å². The maximum absolute atomic E-state index is 12.3. The number of halogens is 3. The van der Waals surface area contributed by atoms with E-state index in [-0.39, 0.29) is 25.0 Å². The van der Waals surface area contributed by atoms with E-state index in [0.29, 0.717) is 17.7 Å². The molecule has 2 amide bonds. The molecule has 1 heterocycles. The molecule has 0 aliphatic carbocycles. The number of hydrogen-bond donors (Lipinski definition) is 1. The fourth-order valence-electron chi connectivity index (χ4n) is 1.96. The van der Waals surface area contributed by atoms with Gasteiger partial charge in [-0.25, -0.2) is 0 Å². The Labute approximate surface area is 104 Å². The van der Waals surface area contributed by atoms with Crippen molar-refractivity contribution in [3.63, 3.8) is 0 Å². The lowest BCUT2D eigenvalue weighted by atomic mass is 9.96. The number of nitrogens with one attached hydrogen (secondary N) is 1. The summed E-state index contributed by atoms with van der Waals surface area (Å²) >= 11 is 0. The van der Waals surface area contributed by atoms with Crippen LogP contribution in [0.3, 0.4) is 0 Å². The zero-order chi connectivity index (χ0) is 13.9. The van der Waals surface area contributed by atoms with E-state index in [1.165, 1.54) is 0 Å². The molecule has 0 aromatic heterocycles. The molecule has 0 saturated carbocycles. The van der Waals surface area contributed by atoms with E-state index in [2.05, 4.69) is 5.32 Å². The molecule has 0 spiro atoms. The van der Waals surface area contributed by atoms with Crippen LogP contribution in [0.2, 0.25) is 0 Å². The number of rotatable bonds is 2. The van der Waals surface area contributed by atoms with Gasteiger partial charge in [0.05, 0.1) is 5.92 Å². The van der Waals surface area contributed by atoms with E-state index in [0.717, 1.165) is 0 Å². The van der Waals surface area contributed by atoms with Gasteiger partial charge in [0.1, 0.15) is 0 Å². The van der Waals surface area contributed by atoms with Gasteiger partial charge in [-0.3, -0.25) is 9.59 Å². The monoisotopic (exact) mass is 266 g/mol. The third-order valence-electron chi connectivity index (χ3n) is 2.75. The molecule has 0 bridgehead atoms. The third kappa shape index (κ3) is 3.89. The van der Waals surface area contributed by atoms with Crippen LogP contribution in [0.25, 0.3) is 0 Å². The highest BCUT2D eigenvalue weighted by Crippen LogP contribution is 2.23. The predicted molar refractivity (Wildman–Crippen MR) is 58.6 cm³/mol. The quantitative estimate of drug-likeness (QED) is 0.819. The average Bonchev–Trinajstić information content (AvgIpc) is 2.26. The van der Waals surface area contributed by atoms with Gasteiger partial charge >= 0.3 is 12.1 Å². The molecule has 1 unspecified atom stereocenters. The van der Waals surface area contributed by atoms with Crippen molar-refractivity contribution >= 4 is 11.8 Å². The molecule has 1 rings (SSSR count). The van der Waals surface area contributed by atoms with E-state index < -0.39 is 18.0 Å². The summed E-state index contributed by atoms with van der Waals surface area (Å²) in [6, 6.07) is -0.0637. The Morgan fingerprint density at radius 1 is 1.33 bits per heavy atom. The third-order valence-corrected chi connectivity index (χ3v) is 2.75. The van der Waals surface area contributed by atoms with Gasteiger partial charge in [-0.15, -0.1) is 0 Å². The fraction of sp³-hybridized carbons (Fsp3) is 0.818. The van der Waals surface area contributed by atoms with Crippen LogP contribution in [0.1, 0.15) is 26.7 Å². The number of piperidine rings is 1. The van der Waals surface area contributed by atoms with Crippen molar-refractivity contribution in [2.24, 2.45) is 5.92 Å². The molecule has 0 aromatic rings. The zero-order valence-electron chi connectivity index (χ0n) is 10.4. The Morgan fingerprint density at radius 2 is 1.94 bits per heavy atom. The fourth-order valence-corrected chi connectivity index (χ4v) is 1.96. The molecule has 1 saturated heterocycles. The second-order valence-corrected chi connectivity index (χ2v) is 4.75. The summed E-state index contributed by atoms with van der Waals surface area (Å²) in [5.74, 6) is -2.69. The van der Waals surface area contributed by atoms with Crippen LogP contribution in [-0.4, -0.2) is 42.0 Å². The van der Waals surface area contributed by atoms with Crippen LogP contribution in [-0.2, 0) is 9.59 Å². The highest BCUT2D eigenvalue weighted by molar-refractivity contribution is 5.84. The average molecular weight is 266 g/mol. The maximum atomic E-state index is 12.3. The molecule has 1 fully saturated rings. The van der Waals surface area contributed by atoms with Crippen molar-refractivity contribution in [2.75, 3.05) is 13.1 Å². The normalized spacial score (nSPS) is 21.0. The minimum absolute atomic E-state index is 0.0593. The molecule has 1 aliphatic heterocycles. The molecule has 1 atom stereocenters. The first kappa shape index (κ1) is 14.8. The van der Waals surface area contributed by atoms with Crippen molar-refractivity contribution in [3.8, 4) is 0 Å². The second kappa shape index (κ2) is 5.58. The molecule has 104 valence electrons. The van der Waals surface area contributed by atoms with Crippen LogP contribution in [0.5, 0.6) is 0 Å². The Kier molecular flexibility index (Phi) is 4.59. The smallest absolute Gasteiger partial charge is 0.354 e. The molecule has 0 radical (unpaired) electrons. The summed E-state index contributed by atoms with van der Waals surface area (Å²) in [4.78, 5) is 23.5. The largest absolute Gasteiger partial charge is 0.471 e.